The molecule has 1 unspecified atom stereocenters. The molecule has 5 heteroatoms. The van der Waals surface area contributed by atoms with E-state index >= 15 is 0 Å². The Morgan fingerprint density at radius 3 is 2.76 bits per heavy atom. The van der Waals surface area contributed by atoms with Crippen LogP contribution >= 0.6 is 19.4 Å². The van der Waals surface area contributed by atoms with Gasteiger partial charge < -0.3 is 4.74 Å². The van der Waals surface area contributed by atoms with Crippen LogP contribution in [0.4, 0.5) is 4.20 Å². The molecule has 1 aromatic rings. The predicted octanol–water partition coefficient (Wildman–Crippen LogP) is 6.12. The van der Waals surface area contributed by atoms with Crippen molar-refractivity contribution in [3.05, 3.63) is 38.6 Å². The summed E-state index contributed by atoms with van der Waals surface area (Å²) in [6.07, 6.45) is 6.27. The van der Waals surface area contributed by atoms with Crippen LogP contribution in [0.3, 0.4) is 0 Å². The van der Waals surface area contributed by atoms with Crippen molar-refractivity contribution in [1.82, 2.24) is 0 Å². The molecule has 0 N–H and O–H groups in total. The highest BCUT2D eigenvalue weighted by Gasteiger charge is 2.05. The Kier molecular flexibility index (Phi) is 8.16. The Bertz CT molecular complexity index is 542. The largest absolute Gasteiger partial charge is 0.366 e. The van der Waals surface area contributed by atoms with E-state index < -0.39 is 8.11 Å². The second-order valence-electron chi connectivity index (χ2n) is 5.41. The molecule has 0 fully saturated rings. The second kappa shape index (κ2) is 9.34. The van der Waals surface area contributed by atoms with Gasteiger partial charge >= 0.3 is 0 Å². The minimum absolute atomic E-state index is 0.283. The molecule has 1 heterocycles. The van der Waals surface area contributed by atoms with Crippen molar-refractivity contribution < 1.29 is 13.5 Å². The highest BCUT2D eigenvalue weighted by atomic mass is 32.1. The Hall–Kier alpha value is -0.700. The van der Waals surface area contributed by atoms with Crippen molar-refractivity contribution in [1.29, 1.82) is 0 Å². The first-order valence-electron chi connectivity index (χ1n) is 7.04. The quantitative estimate of drug-likeness (QED) is 0.424. The van der Waals surface area contributed by atoms with Crippen molar-refractivity contribution in [3.63, 3.8) is 0 Å². The average Bonchev–Trinajstić information content (AvgIpc) is 2.68. The van der Waals surface area contributed by atoms with Gasteiger partial charge in [-0.3, -0.25) is 4.57 Å². The second-order valence-corrected chi connectivity index (χ2v) is 7.58. The molecule has 1 atom stereocenters. The van der Waals surface area contributed by atoms with Crippen LogP contribution in [0.5, 0.6) is 0 Å². The maximum atomic E-state index is 12.3. The highest BCUT2D eigenvalue weighted by molar-refractivity contribution is 7.38. The standard InChI is InChI=1S/C16H24FO2PS/c1-12(2)6-5-7-13(3)8-15-9-14(4)16(21-15)10-19-11-20(17)18/h6,8-9,20H,5,7,10-11H2,1-4H3/b13-8+. The molecular weight excluding hydrogens is 306 g/mol. The van der Waals surface area contributed by atoms with Crippen molar-refractivity contribution >= 4 is 25.5 Å². The Morgan fingerprint density at radius 2 is 2.14 bits per heavy atom. The van der Waals surface area contributed by atoms with Crippen LogP contribution in [-0.4, -0.2) is 6.35 Å². The van der Waals surface area contributed by atoms with E-state index in [1.54, 1.807) is 11.3 Å². The molecule has 0 aromatic carbocycles. The average molecular weight is 330 g/mol. The summed E-state index contributed by atoms with van der Waals surface area (Å²) >= 11 is 1.65. The molecule has 0 bridgehead atoms. The maximum absolute atomic E-state index is 12.3. The number of rotatable bonds is 8. The van der Waals surface area contributed by atoms with Crippen molar-refractivity contribution in [2.45, 2.75) is 47.1 Å². The van der Waals surface area contributed by atoms with E-state index in [0.29, 0.717) is 6.61 Å². The molecule has 2 nitrogen and oxygen atoms in total. The van der Waals surface area contributed by atoms with Gasteiger partial charge in [0.25, 0.3) is 8.11 Å². The number of allylic oxidation sites excluding steroid dienone is 3. The molecule has 0 saturated heterocycles. The Morgan fingerprint density at radius 1 is 1.43 bits per heavy atom. The van der Waals surface area contributed by atoms with E-state index in [-0.39, 0.29) is 6.35 Å². The third-order valence-corrected chi connectivity index (χ3v) is 4.56. The Balaban J connectivity index is 2.59. The Labute approximate surface area is 131 Å². The summed E-state index contributed by atoms with van der Waals surface area (Å²) in [6.45, 7) is 8.71. The topological polar surface area (TPSA) is 26.3 Å². The van der Waals surface area contributed by atoms with Gasteiger partial charge in [0.1, 0.15) is 6.35 Å². The smallest absolute Gasteiger partial charge is 0.257 e. The summed E-state index contributed by atoms with van der Waals surface area (Å²) in [5.41, 5.74) is 3.83. The summed E-state index contributed by atoms with van der Waals surface area (Å²) in [4.78, 5) is 2.26. The molecule has 0 aliphatic heterocycles. The number of aryl methyl sites for hydroxylation is 1. The number of halogens is 1. The van der Waals surface area contributed by atoms with Gasteiger partial charge in [0.05, 0.1) is 6.61 Å². The molecule has 0 amide bonds. The van der Waals surface area contributed by atoms with Gasteiger partial charge in [-0.05, 0) is 58.2 Å². The van der Waals surface area contributed by atoms with Crippen LogP contribution in [0.25, 0.3) is 6.08 Å². The van der Waals surface area contributed by atoms with Gasteiger partial charge in [-0.15, -0.1) is 11.3 Å². The molecule has 1 rings (SSSR count). The predicted molar refractivity (Wildman–Crippen MR) is 91.1 cm³/mol. The molecule has 0 aliphatic carbocycles. The summed E-state index contributed by atoms with van der Waals surface area (Å²) in [6, 6.07) is 2.12. The lowest BCUT2D eigenvalue weighted by Crippen LogP contribution is -1.89. The van der Waals surface area contributed by atoms with Crippen LogP contribution in [0, 0.1) is 6.92 Å². The molecule has 1 aromatic heterocycles. The van der Waals surface area contributed by atoms with Crippen LogP contribution in [0.15, 0.2) is 23.3 Å². The van der Waals surface area contributed by atoms with E-state index in [0.717, 1.165) is 23.3 Å². The molecule has 0 saturated carbocycles. The number of thiophene rings is 1. The third kappa shape index (κ3) is 7.75. The van der Waals surface area contributed by atoms with Crippen LogP contribution in [0.2, 0.25) is 0 Å². The molecule has 0 spiro atoms. The van der Waals surface area contributed by atoms with E-state index in [2.05, 4.69) is 39.0 Å². The lowest BCUT2D eigenvalue weighted by Gasteiger charge is -1.99. The number of ether oxygens (including phenoxy) is 1. The van der Waals surface area contributed by atoms with Crippen molar-refractivity contribution in [2.24, 2.45) is 0 Å². The summed E-state index contributed by atoms with van der Waals surface area (Å²) in [7, 11) is -3.03. The third-order valence-electron chi connectivity index (χ3n) is 2.97. The van der Waals surface area contributed by atoms with Crippen LogP contribution < -0.4 is 0 Å². The van der Waals surface area contributed by atoms with Crippen LogP contribution in [0.1, 0.15) is 48.9 Å². The lowest BCUT2D eigenvalue weighted by molar-refractivity contribution is 0.163. The first-order chi connectivity index (χ1) is 9.88. The first kappa shape index (κ1) is 18.3. The molecule has 21 heavy (non-hydrogen) atoms. The summed E-state index contributed by atoms with van der Waals surface area (Å²) in [5, 5.41) is 0. The van der Waals surface area contributed by atoms with E-state index in [9.17, 15) is 8.76 Å². The minimum atomic E-state index is -3.03. The van der Waals surface area contributed by atoms with Crippen molar-refractivity contribution in [3.8, 4) is 0 Å². The molecule has 0 aliphatic rings. The van der Waals surface area contributed by atoms with Gasteiger partial charge in [0.15, 0.2) is 0 Å². The molecule has 118 valence electrons. The fourth-order valence-corrected chi connectivity index (χ4v) is 3.29. The highest BCUT2D eigenvalue weighted by Crippen LogP contribution is 2.27. The number of hydrogen-bond donors (Lipinski definition) is 0. The van der Waals surface area contributed by atoms with E-state index in [4.69, 9.17) is 4.74 Å². The molecular formula is C16H24FO2PS. The van der Waals surface area contributed by atoms with Gasteiger partial charge in [0, 0.05) is 9.75 Å². The zero-order valence-corrected chi connectivity index (χ0v) is 15.0. The first-order valence-corrected chi connectivity index (χ1v) is 9.35. The van der Waals surface area contributed by atoms with Gasteiger partial charge in [-0.2, -0.15) is 4.20 Å². The number of hydrogen-bond acceptors (Lipinski definition) is 3. The SMILES string of the molecule is CC(C)=CCC/C(C)=C/c1cc(C)c(COC[PH](=O)F)s1. The molecule has 0 radical (unpaired) electrons. The van der Waals surface area contributed by atoms with E-state index in [1.165, 1.54) is 16.0 Å². The fraction of sp³-hybridized carbons (Fsp3) is 0.500. The van der Waals surface area contributed by atoms with Crippen molar-refractivity contribution in [2.75, 3.05) is 6.35 Å². The van der Waals surface area contributed by atoms with Gasteiger partial charge in [-0.1, -0.05) is 17.2 Å². The van der Waals surface area contributed by atoms with Gasteiger partial charge in [0.2, 0.25) is 0 Å². The fourth-order valence-electron chi connectivity index (χ4n) is 1.89. The zero-order chi connectivity index (χ0) is 15.8. The maximum Gasteiger partial charge on any atom is 0.257 e. The zero-order valence-electron chi connectivity index (χ0n) is 13.2. The minimum Gasteiger partial charge on any atom is -0.366 e. The van der Waals surface area contributed by atoms with Crippen LogP contribution in [-0.2, 0) is 15.9 Å². The summed E-state index contributed by atoms with van der Waals surface area (Å²) < 4.78 is 27.8. The normalized spacial score (nSPS) is 13.3. The van der Waals surface area contributed by atoms with E-state index in [1.807, 2.05) is 6.92 Å². The summed E-state index contributed by atoms with van der Waals surface area (Å²) in [5.74, 6) is 0. The van der Waals surface area contributed by atoms with Gasteiger partial charge in [-0.25, -0.2) is 0 Å². The lowest BCUT2D eigenvalue weighted by atomic mass is 10.1. The monoisotopic (exact) mass is 330 g/mol.